The molecule has 32 heavy (non-hydrogen) atoms. The Morgan fingerprint density at radius 2 is 2.03 bits per heavy atom. The van der Waals surface area contributed by atoms with Gasteiger partial charge in [-0.3, -0.25) is 19.9 Å². The van der Waals surface area contributed by atoms with E-state index in [-0.39, 0.29) is 17.8 Å². The normalized spacial score (nSPS) is 17.3. The third kappa shape index (κ3) is 3.79. The van der Waals surface area contributed by atoms with Crippen molar-refractivity contribution in [2.45, 2.75) is 38.6 Å². The maximum Gasteiger partial charge on any atom is 0.319 e. The van der Waals surface area contributed by atoms with Crippen molar-refractivity contribution in [3.8, 4) is 5.75 Å². The molecule has 0 bridgehead atoms. The van der Waals surface area contributed by atoms with Crippen molar-refractivity contribution < 1.29 is 19.1 Å². The predicted molar refractivity (Wildman–Crippen MR) is 125 cm³/mol. The van der Waals surface area contributed by atoms with Crippen LogP contribution in [0.3, 0.4) is 0 Å². The van der Waals surface area contributed by atoms with Crippen LogP contribution in [0.25, 0.3) is 10.1 Å². The average molecular weight is 458 g/mol. The third-order valence-corrected chi connectivity index (χ3v) is 7.06. The van der Waals surface area contributed by atoms with Gasteiger partial charge in [-0.25, -0.2) is 4.79 Å². The largest absolute Gasteiger partial charge is 0.495 e. The van der Waals surface area contributed by atoms with Gasteiger partial charge < -0.3 is 20.3 Å². The Morgan fingerprint density at radius 1 is 1.28 bits per heavy atom. The molecule has 10 heteroatoms. The standard InChI is InChI=1S/C22H27N5O4S/c1-4-15-24-20(29)22(26-15)9-11-27(12-10-22)19(28)16-13-7-6-8-14(31-3)17(13)32-18(16)25-21(30)23-5-2/h6-8H,4-5,9-12H2,1-3H3,(H2,23,25,30)(H,24,26,29). The van der Waals surface area contributed by atoms with Crippen LogP contribution in [0.1, 0.15) is 43.5 Å². The van der Waals surface area contributed by atoms with Crippen molar-refractivity contribution in [3.63, 3.8) is 0 Å². The number of nitrogens with zero attached hydrogens (tertiary/aromatic N) is 2. The number of anilines is 1. The SMILES string of the molecule is CCNC(=O)Nc1sc2c(OC)cccc2c1C(=O)N1CCC2(CC1)N=C(CC)NC2=O. The van der Waals surface area contributed by atoms with Crippen LogP contribution in [0.4, 0.5) is 9.80 Å². The smallest absolute Gasteiger partial charge is 0.319 e. The fourth-order valence-corrected chi connectivity index (χ4v) is 5.37. The van der Waals surface area contributed by atoms with Crippen LogP contribution in [0.5, 0.6) is 5.75 Å². The van der Waals surface area contributed by atoms with Crippen molar-refractivity contribution in [2.75, 3.05) is 32.1 Å². The molecule has 0 unspecified atom stereocenters. The van der Waals surface area contributed by atoms with Crippen LogP contribution in [-0.4, -0.2) is 60.9 Å². The highest BCUT2D eigenvalue weighted by molar-refractivity contribution is 7.23. The summed E-state index contributed by atoms with van der Waals surface area (Å²) in [6.07, 6.45) is 1.62. The fourth-order valence-electron chi connectivity index (χ4n) is 4.19. The number of carbonyl (C=O) groups excluding carboxylic acids is 3. The maximum atomic E-state index is 13.6. The molecule has 2 aliphatic rings. The number of rotatable bonds is 5. The third-order valence-electron chi connectivity index (χ3n) is 5.92. The van der Waals surface area contributed by atoms with Crippen LogP contribution in [-0.2, 0) is 4.79 Å². The minimum absolute atomic E-state index is 0.0780. The lowest BCUT2D eigenvalue weighted by atomic mass is 9.87. The fraction of sp³-hybridized carbons (Fsp3) is 0.455. The monoisotopic (exact) mass is 457 g/mol. The highest BCUT2D eigenvalue weighted by Gasteiger charge is 2.46. The predicted octanol–water partition coefficient (Wildman–Crippen LogP) is 2.96. The molecule has 1 aromatic carbocycles. The van der Waals surface area contributed by atoms with Gasteiger partial charge in [0.2, 0.25) is 0 Å². The number of carbonyl (C=O) groups is 3. The summed E-state index contributed by atoms with van der Waals surface area (Å²) < 4.78 is 6.26. The second kappa shape index (κ2) is 8.78. The lowest BCUT2D eigenvalue weighted by Gasteiger charge is -2.35. The maximum absolute atomic E-state index is 13.6. The molecule has 170 valence electrons. The lowest BCUT2D eigenvalue weighted by molar-refractivity contribution is -0.125. The van der Waals surface area contributed by atoms with E-state index in [1.807, 2.05) is 32.0 Å². The number of fused-ring (bicyclic) bond motifs is 1. The van der Waals surface area contributed by atoms with Gasteiger partial charge in [0.05, 0.1) is 17.4 Å². The summed E-state index contributed by atoms with van der Waals surface area (Å²) in [5, 5.41) is 9.59. The molecule has 1 aromatic heterocycles. The summed E-state index contributed by atoms with van der Waals surface area (Å²) in [4.78, 5) is 44.7. The molecule has 9 nitrogen and oxygen atoms in total. The molecule has 1 fully saturated rings. The Kier molecular flexibility index (Phi) is 6.05. The van der Waals surface area contributed by atoms with E-state index < -0.39 is 5.54 Å². The number of hydrogen-bond donors (Lipinski definition) is 3. The Labute approximate surface area is 190 Å². The zero-order valence-corrected chi connectivity index (χ0v) is 19.2. The number of thiophene rings is 1. The number of urea groups is 1. The molecule has 1 spiro atoms. The van der Waals surface area contributed by atoms with E-state index in [4.69, 9.17) is 4.74 Å². The van der Waals surface area contributed by atoms with Crippen molar-refractivity contribution >= 4 is 50.1 Å². The summed E-state index contributed by atoms with van der Waals surface area (Å²) >= 11 is 1.31. The summed E-state index contributed by atoms with van der Waals surface area (Å²) in [5.74, 6) is 1.10. The van der Waals surface area contributed by atoms with E-state index in [1.54, 1.807) is 12.0 Å². The molecule has 2 aliphatic heterocycles. The van der Waals surface area contributed by atoms with Gasteiger partial charge in [-0.2, -0.15) is 0 Å². The number of benzene rings is 1. The molecule has 0 saturated carbocycles. The molecular formula is C22H27N5O4S. The Bertz CT molecular complexity index is 1100. The first-order chi connectivity index (χ1) is 15.4. The second-order valence-corrected chi connectivity index (χ2v) is 8.84. The number of amides is 4. The summed E-state index contributed by atoms with van der Waals surface area (Å²) in [7, 11) is 1.58. The van der Waals surface area contributed by atoms with Crippen LogP contribution >= 0.6 is 11.3 Å². The zero-order chi connectivity index (χ0) is 22.9. The van der Waals surface area contributed by atoms with Gasteiger partial charge in [0.15, 0.2) is 0 Å². The number of nitrogens with one attached hydrogen (secondary N) is 3. The molecule has 2 aromatic rings. The minimum atomic E-state index is -0.774. The van der Waals surface area contributed by atoms with Gasteiger partial charge in [0.1, 0.15) is 22.1 Å². The van der Waals surface area contributed by atoms with Crippen LogP contribution in [0.2, 0.25) is 0 Å². The van der Waals surface area contributed by atoms with Crippen molar-refractivity contribution in [3.05, 3.63) is 23.8 Å². The molecular weight excluding hydrogens is 430 g/mol. The first-order valence-corrected chi connectivity index (χ1v) is 11.6. The van der Waals surface area contributed by atoms with Gasteiger partial charge in [-0.1, -0.05) is 19.1 Å². The molecule has 0 atom stereocenters. The van der Waals surface area contributed by atoms with E-state index in [1.165, 1.54) is 11.3 Å². The molecule has 0 radical (unpaired) electrons. The highest BCUT2D eigenvalue weighted by atomic mass is 32.1. The highest BCUT2D eigenvalue weighted by Crippen LogP contribution is 2.42. The quantitative estimate of drug-likeness (QED) is 0.641. The Morgan fingerprint density at radius 3 is 2.66 bits per heavy atom. The minimum Gasteiger partial charge on any atom is -0.495 e. The van der Waals surface area contributed by atoms with E-state index in [0.29, 0.717) is 61.0 Å². The van der Waals surface area contributed by atoms with Crippen LogP contribution in [0.15, 0.2) is 23.2 Å². The molecule has 3 heterocycles. The van der Waals surface area contributed by atoms with Gasteiger partial charge in [0.25, 0.3) is 11.8 Å². The molecule has 0 aliphatic carbocycles. The molecule has 3 N–H and O–H groups in total. The van der Waals surface area contributed by atoms with Crippen molar-refractivity contribution in [1.29, 1.82) is 0 Å². The van der Waals surface area contributed by atoms with Gasteiger partial charge in [0, 0.05) is 31.4 Å². The average Bonchev–Trinajstić information content (AvgIpc) is 3.30. The summed E-state index contributed by atoms with van der Waals surface area (Å²) in [6.45, 7) is 5.08. The number of likely N-dealkylation sites (tertiary alicyclic amines) is 1. The van der Waals surface area contributed by atoms with E-state index >= 15 is 0 Å². The van der Waals surface area contributed by atoms with Crippen LogP contribution in [0, 0.1) is 0 Å². The first kappa shape index (κ1) is 22.1. The molecule has 4 rings (SSSR count). The number of methoxy groups -OCH3 is 1. The molecule has 1 saturated heterocycles. The van der Waals surface area contributed by atoms with E-state index in [2.05, 4.69) is 20.9 Å². The summed E-state index contributed by atoms with van der Waals surface area (Å²) in [5.41, 5.74) is -0.329. The van der Waals surface area contributed by atoms with Gasteiger partial charge in [-0.15, -0.1) is 11.3 Å². The number of hydrogen-bond acceptors (Lipinski definition) is 6. The Balaban J connectivity index is 1.64. The Hall–Kier alpha value is -3.14. The number of ether oxygens (including phenoxy) is 1. The first-order valence-electron chi connectivity index (χ1n) is 10.8. The number of amidine groups is 1. The van der Waals surface area contributed by atoms with Crippen molar-refractivity contribution in [2.24, 2.45) is 4.99 Å². The van der Waals surface area contributed by atoms with Crippen molar-refractivity contribution in [1.82, 2.24) is 15.5 Å². The van der Waals surface area contributed by atoms with Crippen LogP contribution < -0.4 is 20.7 Å². The van der Waals surface area contributed by atoms with Gasteiger partial charge in [-0.05, 0) is 25.8 Å². The summed E-state index contributed by atoms with van der Waals surface area (Å²) in [6, 6.07) is 5.15. The second-order valence-electron chi connectivity index (χ2n) is 7.82. The van der Waals surface area contributed by atoms with E-state index in [0.717, 1.165) is 10.1 Å². The molecule has 4 amide bonds. The topological polar surface area (TPSA) is 112 Å². The zero-order valence-electron chi connectivity index (χ0n) is 18.4. The van der Waals surface area contributed by atoms with E-state index in [9.17, 15) is 14.4 Å². The number of piperidine rings is 1. The number of aliphatic imine (C=N–C) groups is 1. The van der Waals surface area contributed by atoms with Gasteiger partial charge >= 0.3 is 6.03 Å². The lowest BCUT2D eigenvalue weighted by Crippen LogP contribution is -2.50.